The molecule has 2 rings (SSSR count). The number of nitrogens with zero attached hydrogens (tertiary/aromatic N) is 1. The summed E-state index contributed by atoms with van der Waals surface area (Å²) in [6, 6.07) is 0.428. The number of rotatable bonds is 6. The molecule has 0 bridgehead atoms. The van der Waals surface area contributed by atoms with Crippen LogP contribution in [0.3, 0.4) is 0 Å². The van der Waals surface area contributed by atoms with Crippen molar-refractivity contribution in [1.29, 1.82) is 0 Å². The van der Waals surface area contributed by atoms with Crippen LogP contribution < -0.4 is 0 Å². The van der Waals surface area contributed by atoms with Crippen LogP contribution in [-0.4, -0.2) is 36.6 Å². The summed E-state index contributed by atoms with van der Waals surface area (Å²) in [7, 11) is 0. The Balaban J connectivity index is 2.05. The van der Waals surface area contributed by atoms with Gasteiger partial charge in [-0.2, -0.15) is 0 Å². The molecule has 1 aliphatic heterocycles. The summed E-state index contributed by atoms with van der Waals surface area (Å²) in [5.74, 6) is 1.49. The molecular weight excluding hydrogens is 274 g/mol. The van der Waals surface area contributed by atoms with Crippen LogP contribution in [-0.2, 0) is 9.53 Å². The third-order valence-corrected chi connectivity index (χ3v) is 6.20. The zero-order chi connectivity index (χ0) is 16.3. The van der Waals surface area contributed by atoms with Gasteiger partial charge in [0.25, 0.3) is 0 Å². The molecule has 0 aromatic heterocycles. The van der Waals surface area contributed by atoms with Crippen molar-refractivity contribution in [3.63, 3.8) is 0 Å². The van der Waals surface area contributed by atoms with Gasteiger partial charge < -0.3 is 4.74 Å². The minimum absolute atomic E-state index is 0.0386. The van der Waals surface area contributed by atoms with Gasteiger partial charge in [-0.1, -0.05) is 34.1 Å². The molecule has 1 saturated carbocycles. The fraction of sp³-hybridized carbons (Fsp3) is 0.947. The lowest BCUT2D eigenvalue weighted by Crippen LogP contribution is -2.59. The Kier molecular flexibility index (Phi) is 5.93. The molecule has 0 aromatic carbocycles. The minimum Gasteiger partial charge on any atom is -0.466 e. The molecule has 2 fully saturated rings. The normalized spacial score (nSPS) is 30.2. The van der Waals surface area contributed by atoms with Crippen LogP contribution in [0.2, 0.25) is 0 Å². The zero-order valence-electron chi connectivity index (χ0n) is 15.2. The molecule has 0 spiro atoms. The molecule has 2 aliphatic rings. The van der Waals surface area contributed by atoms with Gasteiger partial charge in [0.05, 0.1) is 12.5 Å². The molecule has 3 unspecified atom stereocenters. The predicted molar refractivity (Wildman–Crippen MR) is 90.7 cm³/mol. The molecule has 0 amide bonds. The maximum Gasteiger partial charge on any atom is 0.310 e. The van der Waals surface area contributed by atoms with E-state index in [0.717, 1.165) is 6.42 Å². The summed E-state index contributed by atoms with van der Waals surface area (Å²) in [4.78, 5) is 14.9. The number of likely N-dealkylation sites (tertiary alicyclic amines) is 1. The second-order valence-electron chi connectivity index (χ2n) is 8.29. The van der Waals surface area contributed by atoms with Crippen molar-refractivity contribution in [2.45, 2.75) is 72.8 Å². The van der Waals surface area contributed by atoms with Gasteiger partial charge in [0.15, 0.2) is 0 Å². The first-order valence-electron chi connectivity index (χ1n) is 9.27. The largest absolute Gasteiger partial charge is 0.466 e. The average molecular weight is 309 g/mol. The Morgan fingerprint density at radius 2 is 1.86 bits per heavy atom. The van der Waals surface area contributed by atoms with E-state index in [1.54, 1.807) is 0 Å². The van der Waals surface area contributed by atoms with Gasteiger partial charge in [-0.3, -0.25) is 9.69 Å². The Labute approximate surface area is 136 Å². The monoisotopic (exact) mass is 309 g/mol. The second-order valence-corrected chi connectivity index (χ2v) is 8.29. The molecule has 1 aliphatic carbocycles. The van der Waals surface area contributed by atoms with Crippen LogP contribution in [0, 0.1) is 23.2 Å². The van der Waals surface area contributed by atoms with Gasteiger partial charge in [0, 0.05) is 6.04 Å². The third kappa shape index (κ3) is 3.84. The van der Waals surface area contributed by atoms with Crippen LogP contribution in [0.1, 0.15) is 66.7 Å². The van der Waals surface area contributed by atoms with E-state index in [4.69, 9.17) is 4.74 Å². The minimum atomic E-state index is 0.0386. The van der Waals surface area contributed by atoms with Crippen molar-refractivity contribution < 1.29 is 9.53 Å². The number of esters is 1. The quantitative estimate of drug-likeness (QED) is 0.691. The highest BCUT2D eigenvalue weighted by molar-refractivity contribution is 5.74. The van der Waals surface area contributed by atoms with Crippen molar-refractivity contribution in [2.75, 3.05) is 19.7 Å². The van der Waals surface area contributed by atoms with E-state index in [2.05, 4.69) is 32.6 Å². The molecule has 3 nitrogen and oxygen atoms in total. The molecule has 0 aromatic rings. The van der Waals surface area contributed by atoms with Gasteiger partial charge in [0.2, 0.25) is 0 Å². The first-order chi connectivity index (χ1) is 10.4. The van der Waals surface area contributed by atoms with Gasteiger partial charge in [-0.15, -0.1) is 0 Å². The molecule has 3 atom stereocenters. The topological polar surface area (TPSA) is 29.5 Å². The summed E-state index contributed by atoms with van der Waals surface area (Å²) in [6.45, 7) is 14.1. The van der Waals surface area contributed by atoms with E-state index >= 15 is 0 Å². The number of carbonyl (C=O) groups is 1. The van der Waals surface area contributed by atoms with Crippen molar-refractivity contribution in [3.8, 4) is 0 Å². The van der Waals surface area contributed by atoms with Gasteiger partial charge >= 0.3 is 5.97 Å². The number of ether oxygens (including phenoxy) is 1. The van der Waals surface area contributed by atoms with Gasteiger partial charge in [-0.05, 0) is 62.9 Å². The van der Waals surface area contributed by atoms with Crippen LogP contribution in [0.15, 0.2) is 0 Å². The number of hydrogen-bond acceptors (Lipinski definition) is 3. The van der Waals surface area contributed by atoms with Gasteiger partial charge in [0.1, 0.15) is 0 Å². The fourth-order valence-corrected chi connectivity index (χ4v) is 4.11. The summed E-state index contributed by atoms with van der Waals surface area (Å²) < 4.78 is 5.33. The van der Waals surface area contributed by atoms with Crippen molar-refractivity contribution in [1.82, 2.24) is 4.90 Å². The van der Waals surface area contributed by atoms with E-state index in [1.165, 1.54) is 38.8 Å². The van der Waals surface area contributed by atoms with Gasteiger partial charge in [-0.25, -0.2) is 0 Å². The maximum atomic E-state index is 12.3. The summed E-state index contributed by atoms with van der Waals surface area (Å²) in [5, 5.41) is 0. The number of piperidine rings is 1. The molecule has 22 heavy (non-hydrogen) atoms. The highest BCUT2D eigenvalue weighted by atomic mass is 16.5. The van der Waals surface area contributed by atoms with Crippen molar-refractivity contribution in [3.05, 3.63) is 0 Å². The van der Waals surface area contributed by atoms with E-state index in [-0.39, 0.29) is 11.9 Å². The number of hydrogen-bond donors (Lipinski definition) is 0. The van der Waals surface area contributed by atoms with Crippen LogP contribution in [0.4, 0.5) is 0 Å². The highest BCUT2D eigenvalue weighted by Crippen LogP contribution is 2.47. The first kappa shape index (κ1) is 17.8. The first-order valence-corrected chi connectivity index (χ1v) is 9.27. The molecule has 1 saturated heterocycles. The van der Waals surface area contributed by atoms with Crippen LogP contribution in [0.5, 0.6) is 0 Å². The maximum absolute atomic E-state index is 12.3. The Hall–Kier alpha value is -0.570. The highest BCUT2D eigenvalue weighted by Gasteiger charge is 2.50. The molecule has 0 radical (unpaired) electrons. The summed E-state index contributed by atoms with van der Waals surface area (Å²) >= 11 is 0. The fourth-order valence-electron chi connectivity index (χ4n) is 4.11. The Morgan fingerprint density at radius 3 is 2.41 bits per heavy atom. The van der Waals surface area contributed by atoms with Crippen molar-refractivity contribution in [2.24, 2.45) is 23.2 Å². The molecule has 1 heterocycles. The smallest absolute Gasteiger partial charge is 0.310 e. The van der Waals surface area contributed by atoms with E-state index in [9.17, 15) is 4.79 Å². The van der Waals surface area contributed by atoms with Crippen LogP contribution >= 0.6 is 0 Å². The average Bonchev–Trinajstić information content (AvgIpc) is 2.44. The molecule has 3 heteroatoms. The summed E-state index contributed by atoms with van der Waals surface area (Å²) in [5.41, 5.74) is 0.346. The summed E-state index contributed by atoms with van der Waals surface area (Å²) in [6.07, 6.45) is 6.16. The van der Waals surface area contributed by atoms with E-state index < -0.39 is 0 Å². The lowest BCUT2D eigenvalue weighted by Gasteiger charge is -2.52. The number of carbonyl (C=O) groups excluding carboxylic acids is 1. The predicted octanol–water partition coefficient (Wildman–Crippen LogP) is 4.11. The van der Waals surface area contributed by atoms with Crippen molar-refractivity contribution >= 4 is 5.97 Å². The Morgan fingerprint density at radius 1 is 1.23 bits per heavy atom. The molecule has 128 valence electrons. The third-order valence-electron chi connectivity index (χ3n) is 6.20. The second kappa shape index (κ2) is 7.33. The van der Waals surface area contributed by atoms with E-state index in [1.807, 2.05) is 6.92 Å². The van der Waals surface area contributed by atoms with E-state index in [0.29, 0.717) is 29.9 Å². The SMILES string of the molecule is CCOC(=O)C1CC(CC(C)(C)C(C)C)C1N1CCCCC1. The zero-order valence-corrected chi connectivity index (χ0v) is 15.2. The lowest BCUT2D eigenvalue weighted by atomic mass is 9.61. The molecule has 0 N–H and O–H groups in total. The Bertz CT molecular complexity index is 372. The molecular formula is C19H35NO2. The van der Waals surface area contributed by atoms with Crippen LogP contribution in [0.25, 0.3) is 0 Å². The lowest BCUT2D eigenvalue weighted by molar-refractivity contribution is -0.161. The standard InChI is InChI=1S/C19H35NO2/c1-6-22-18(21)16-12-15(13-19(4,5)14(2)3)17(16)20-10-8-7-9-11-20/h14-17H,6-13H2,1-5H3.